The number of para-hydroxylation sites is 1. The van der Waals surface area contributed by atoms with Crippen LogP contribution >= 0.6 is 11.6 Å². The van der Waals surface area contributed by atoms with Gasteiger partial charge in [0.15, 0.2) is 0 Å². The van der Waals surface area contributed by atoms with Crippen molar-refractivity contribution in [2.24, 2.45) is 0 Å². The number of rotatable bonds is 8. The van der Waals surface area contributed by atoms with Crippen LogP contribution in [0.3, 0.4) is 0 Å². The Kier molecular flexibility index (Phi) is 7.19. The number of amides is 1. The average Bonchev–Trinajstić information content (AvgIpc) is 3.40. The Balaban J connectivity index is 1.51. The number of aromatic nitrogens is 3. The van der Waals surface area contributed by atoms with E-state index in [1.807, 2.05) is 55.5 Å². The molecule has 5 rings (SSSR count). The lowest BCUT2D eigenvalue weighted by atomic mass is 9.94. The molecule has 0 saturated carbocycles. The van der Waals surface area contributed by atoms with Crippen molar-refractivity contribution in [3.05, 3.63) is 100 Å². The highest BCUT2D eigenvalue weighted by Gasteiger charge is 2.35. The number of anilines is 2. The number of hydrogen-bond donors (Lipinski definition) is 2. The number of nitrogens with zero attached hydrogens (tertiary/aromatic N) is 3. The Hall–Kier alpha value is -4.50. The molecule has 0 fully saturated rings. The van der Waals surface area contributed by atoms with Gasteiger partial charge in [0.2, 0.25) is 5.95 Å². The second-order valence-corrected chi connectivity index (χ2v) is 9.00. The molecule has 0 aliphatic carbocycles. The second kappa shape index (κ2) is 10.9. The van der Waals surface area contributed by atoms with E-state index in [1.165, 1.54) is 13.4 Å². The van der Waals surface area contributed by atoms with Crippen LogP contribution in [0.25, 0.3) is 0 Å². The highest BCUT2D eigenvalue weighted by Crippen LogP contribution is 2.40. The maximum Gasteiger partial charge on any atom is 0.255 e. The van der Waals surface area contributed by atoms with E-state index >= 15 is 0 Å². The first kappa shape index (κ1) is 25.2. The van der Waals surface area contributed by atoms with Crippen LogP contribution in [-0.4, -0.2) is 34.9 Å². The summed E-state index contributed by atoms with van der Waals surface area (Å²) in [5.41, 5.74) is 3.35. The number of hydrogen-bond acceptors (Lipinski definition) is 7. The van der Waals surface area contributed by atoms with Crippen molar-refractivity contribution in [3.8, 4) is 17.2 Å². The summed E-state index contributed by atoms with van der Waals surface area (Å²) in [7, 11) is 3.11. The summed E-state index contributed by atoms with van der Waals surface area (Å²) in [5.74, 6) is 1.92. The van der Waals surface area contributed by atoms with Gasteiger partial charge in [0.25, 0.3) is 5.91 Å². The minimum Gasteiger partial charge on any atom is -0.497 e. The van der Waals surface area contributed by atoms with E-state index in [4.69, 9.17) is 25.8 Å². The Morgan fingerprint density at radius 1 is 1.05 bits per heavy atom. The van der Waals surface area contributed by atoms with E-state index in [1.54, 1.807) is 30.0 Å². The number of carbonyl (C=O) groups is 1. The molecule has 1 aliphatic rings. The third kappa shape index (κ3) is 5.01. The van der Waals surface area contributed by atoms with Crippen molar-refractivity contribution in [2.75, 3.05) is 24.9 Å². The van der Waals surface area contributed by atoms with Crippen LogP contribution in [0, 0.1) is 0 Å². The molecule has 1 aliphatic heterocycles. The topological polar surface area (TPSA) is 99.5 Å². The van der Waals surface area contributed by atoms with Crippen molar-refractivity contribution < 1.29 is 19.0 Å². The van der Waals surface area contributed by atoms with Gasteiger partial charge < -0.3 is 24.8 Å². The van der Waals surface area contributed by atoms with E-state index in [0.717, 1.165) is 11.1 Å². The van der Waals surface area contributed by atoms with Gasteiger partial charge >= 0.3 is 0 Å². The third-order valence-corrected chi connectivity index (χ3v) is 6.47. The van der Waals surface area contributed by atoms with Crippen molar-refractivity contribution >= 4 is 29.1 Å². The Morgan fingerprint density at radius 2 is 1.84 bits per heavy atom. The fraction of sp³-hybridized carbons (Fsp3) is 0.179. The van der Waals surface area contributed by atoms with Gasteiger partial charge in [-0.2, -0.15) is 10.1 Å². The van der Waals surface area contributed by atoms with E-state index in [9.17, 15) is 4.79 Å². The van der Waals surface area contributed by atoms with Gasteiger partial charge in [-0.15, -0.1) is 0 Å². The van der Waals surface area contributed by atoms with Gasteiger partial charge in [-0.3, -0.25) is 4.79 Å². The lowest BCUT2D eigenvalue weighted by Gasteiger charge is -2.30. The molecule has 1 aromatic heterocycles. The summed E-state index contributed by atoms with van der Waals surface area (Å²) in [6.07, 6.45) is 1.45. The van der Waals surface area contributed by atoms with Crippen LogP contribution in [0.1, 0.15) is 24.1 Å². The zero-order valence-electron chi connectivity index (χ0n) is 21.1. The molecule has 0 bridgehead atoms. The van der Waals surface area contributed by atoms with E-state index in [2.05, 4.69) is 20.7 Å². The summed E-state index contributed by atoms with van der Waals surface area (Å²) in [4.78, 5) is 18.2. The zero-order chi connectivity index (χ0) is 26.6. The molecule has 10 heteroatoms. The maximum atomic E-state index is 13.8. The van der Waals surface area contributed by atoms with Crippen LogP contribution in [0.2, 0.25) is 5.02 Å². The van der Waals surface area contributed by atoms with Gasteiger partial charge in [0, 0.05) is 22.3 Å². The third-order valence-electron chi connectivity index (χ3n) is 6.22. The molecule has 38 heavy (non-hydrogen) atoms. The number of allylic oxidation sites excluding steroid dienone is 1. The molecule has 194 valence electrons. The van der Waals surface area contributed by atoms with E-state index < -0.39 is 6.04 Å². The largest absolute Gasteiger partial charge is 0.497 e. The van der Waals surface area contributed by atoms with Crippen molar-refractivity contribution in [1.82, 2.24) is 14.8 Å². The molecule has 0 spiro atoms. The molecule has 3 aromatic carbocycles. The molecule has 0 radical (unpaired) electrons. The normalized spacial score (nSPS) is 14.4. The highest BCUT2D eigenvalue weighted by molar-refractivity contribution is 6.30. The molecule has 9 nitrogen and oxygen atoms in total. The van der Waals surface area contributed by atoms with Gasteiger partial charge in [-0.25, -0.2) is 4.68 Å². The minimum atomic E-state index is -0.598. The van der Waals surface area contributed by atoms with Gasteiger partial charge in [0.05, 0.1) is 25.5 Å². The molecule has 1 amide bonds. The lowest BCUT2D eigenvalue weighted by molar-refractivity contribution is -0.113. The van der Waals surface area contributed by atoms with Crippen molar-refractivity contribution in [3.63, 3.8) is 0 Å². The fourth-order valence-electron chi connectivity index (χ4n) is 4.34. The SMILES string of the molecule is COc1ccc(NC(=O)C2=C(C)Nc3ncnn3[C@H]2c2ccccc2OCc2ccc(Cl)cc2)c(OC)c1. The quantitative estimate of drug-likeness (QED) is 0.311. The molecule has 0 saturated heterocycles. The number of halogens is 1. The van der Waals surface area contributed by atoms with Crippen LogP contribution in [0.5, 0.6) is 17.2 Å². The van der Waals surface area contributed by atoms with Crippen LogP contribution in [0.4, 0.5) is 11.6 Å². The zero-order valence-corrected chi connectivity index (χ0v) is 21.8. The number of nitrogens with one attached hydrogen (secondary N) is 2. The lowest BCUT2D eigenvalue weighted by Crippen LogP contribution is -2.31. The molecule has 4 aromatic rings. The van der Waals surface area contributed by atoms with Crippen molar-refractivity contribution in [1.29, 1.82) is 0 Å². The first-order valence-corrected chi connectivity index (χ1v) is 12.2. The number of methoxy groups -OCH3 is 2. The van der Waals surface area contributed by atoms with Crippen molar-refractivity contribution in [2.45, 2.75) is 19.6 Å². The molecular weight excluding hydrogens is 506 g/mol. The Morgan fingerprint density at radius 3 is 2.61 bits per heavy atom. The highest BCUT2D eigenvalue weighted by atomic mass is 35.5. The van der Waals surface area contributed by atoms with Crippen LogP contribution < -0.4 is 24.8 Å². The summed E-state index contributed by atoms with van der Waals surface area (Å²) in [5, 5.41) is 11.3. The summed E-state index contributed by atoms with van der Waals surface area (Å²) in [6.45, 7) is 2.17. The predicted molar refractivity (Wildman–Crippen MR) is 145 cm³/mol. The monoisotopic (exact) mass is 531 g/mol. The first-order chi connectivity index (χ1) is 18.5. The Bertz CT molecular complexity index is 1500. The standard InChI is InChI=1S/C28H26ClN5O4/c1-17-25(27(35)33-22-13-12-20(36-2)14-24(22)37-3)26(34-28(32-17)30-16-31-34)21-6-4-5-7-23(21)38-15-18-8-10-19(29)11-9-18/h4-14,16,26H,15H2,1-3H3,(H,33,35)(H,30,31,32)/t26-/m0/s1. The number of ether oxygens (including phenoxy) is 3. The Labute approximate surface area is 225 Å². The minimum absolute atomic E-state index is 0.322. The number of benzene rings is 3. The van der Waals surface area contributed by atoms with Crippen LogP contribution in [0.15, 0.2) is 84.3 Å². The summed E-state index contributed by atoms with van der Waals surface area (Å²) in [6, 6.07) is 19.7. The molecule has 1 atom stereocenters. The predicted octanol–water partition coefficient (Wildman–Crippen LogP) is 5.46. The van der Waals surface area contributed by atoms with E-state index in [-0.39, 0.29) is 5.91 Å². The van der Waals surface area contributed by atoms with E-state index in [0.29, 0.717) is 51.8 Å². The fourth-order valence-corrected chi connectivity index (χ4v) is 4.47. The molecule has 2 N–H and O–H groups in total. The second-order valence-electron chi connectivity index (χ2n) is 8.57. The maximum absolute atomic E-state index is 13.8. The smallest absolute Gasteiger partial charge is 0.255 e. The summed E-state index contributed by atoms with van der Waals surface area (Å²) < 4.78 is 18.7. The number of carbonyl (C=O) groups excluding carboxylic acids is 1. The van der Waals surface area contributed by atoms with Gasteiger partial charge in [0.1, 0.15) is 36.2 Å². The van der Waals surface area contributed by atoms with Crippen LogP contribution in [-0.2, 0) is 11.4 Å². The van der Waals surface area contributed by atoms with Gasteiger partial charge in [-0.1, -0.05) is 41.9 Å². The summed E-state index contributed by atoms with van der Waals surface area (Å²) >= 11 is 6.02. The molecular formula is C28H26ClN5O4. The first-order valence-electron chi connectivity index (χ1n) is 11.9. The molecule has 2 heterocycles. The molecule has 0 unspecified atom stereocenters. The van der Waals surface area contributed by atoms with Gasteiger partial charge in [-0.05, 0) is 42.8 Å². The average molecular weight is 532 g/mol. The number of fused-ring (bicyclic) bond motifs is 1.